The van der Waals surface area contributed by atoms with E-state index in [1.807, 2.05) is 31.2 Å². The molecule has 2 aromatic rings. The summed E-state index contributed by atoms with van der Waals surface area (Å²) in [6, 6.07) is 13.4. The first kappa shape index (κ1) is 17.8. The molecule has 2 aromatic carbocycles. The minimum atomic E-state index is -0.189. The van der Waals surface area contributed by atoms with Gasteiger partial charge >= 0.3 is 0 Å². The molecule has 4 nitrogen and oxygen atoms in total. The molecule has 0 heterocycles. The Labute approximate surface area is 149 Å². The molecular weight excluding hydrogens is 314 g/mol. The first-order valence-corrected chi connectivity index (χ1v) is 9.00. The lowest BCUT2D eigenvalue weighted by Gasteiger charge is -2.36. The molecule has 0 spiro atoms. The fourth-order valence-electron chi connectivity index (χ4n) is 3.69. The van der Waals surface area contributed by atoms with Crippen molar-refractivity contribution in [2.75, 3.05) is 0 Å². The highest BCUT2D eigenvalue weighted by atomic mass is 16.3. The molecular formula is C21H27NO3. The van der Waals surface area contributed by atoms with Crippen molar-refractivity contribution in [2.45, 2.75) is 57.8 Å². The molecule has 134 valence electrons. The fourth-order valence-corrected chi connectivity index (χ4v) is 3.69. The average molecular weight is 341 g/mol. The van der Waals surface area contributed by atoms with Crippen molar-refractivity contribution in [1.29, 1.82) is 0 Å². The lowest BCUT2D eigenvalue weighted by Crippen LogP contribution is -2.38. The van der Waals surface area contributed by atoms with E-state index < -0.39 is 0 Å². The van der Waals surface area contributed by atoms with Gasteiger partial charge in [-0.05, 0) is 56.4 Å². The predicted molar refractivity (Wildman–Crippen MR) is 98.5 cm³/mol. The van der Waals surface area contributed by atoms with Gasteiger partial charge in [0.25, 0.3) is 0 Å². The molecule has 0 atom stereocenters. The third-order valence-electron chi connectivity index (χ3n) is 5.09. The van der Waals surface area contributed by atoms with Crippen molar-refractivity contribution in [3.8, 4) is 11.5 Å². The number of aliphatic hydroxyl groups excluding tert-OH is 1. The van der Waals surface area contributed by atoms with Crippen LogP contribution in [0.4, 0.5) is 0 Å². The van der Waals surface area contributed by atoms with E-state index in [2.05, 4.69) is 4.90 Å². The number of aryl methyl sites for hydroxylation is 1. The van der Waals surface area contributed by atoms with Gasteiger partial charge in [0.15, 0.2) is 0 Å². The largest absolute Gasteiger partial charge is 0.508 e. The molecule has 1 fully saturated rings. The first-order chi connectivity index (χ1) is 12.0. The molecule has 0 bridgehead atoms. The number of hydrogen-bond acceptors (Lipinski definition) is 4. The number of phenolic OH excluding ortho intramolecular Hbond substituents is 2. The summed E-state index contributed by atoms with van der Waals surface area (Å²) in [7, 11) is 0. The SMILES string of the molecule is Cc1ccc(O)c(CN(Cc2cccc(O)c2)C2CCC(O)CC2)c1. The van der Waals surface area contributed by atoms with Gasteiger partial charge in [0.1, 0.15) is 11.5 Å². The maximum absolute atomic E-state index is 10.2. The minimum absolute atomic E-state index is 0.189. The Morgan fingerprint density at radius 3 is 2.44 bits per heavy atom. The lowest BCUT2D eigenvalue weighted by atomic mass is 9.91. The second-order valence-corrected chi connectivity index (χ2v) is 7.17. The third kappa shape index (κ3) is 4.74. The molecule has 0 aliphatic heterocycles. The van der Waals surface area contributed by atoms with Crippen LogP contribution in [0.1, 0.15) is 42.4 Å². The Morgan fingerprint density at radius 1 is 0.960 bits per heavy atom. The summed E-state index contributed by atoms with van der Waals surface area (Å²) >= 11 is 0. The van der Waals surface area contributed by atoms with Crippen LogP contribution in [-0.2, 0) is 13.1 Å². The van der Waals surface area contributed by atoms with Crippen LogP contribution >= 0.6 is 0 Å². The Kier molecular flexibility index (Phi) is 5.61. The molecule has 3 N–H and O–H groups in total. The van der Waals surface area contributed by atoms with Crippen LogP contribution in [0.2, 0.25) is 0 Å². The second-order valence-electron chi connectivity index (χ2n) is 7.17. The van der Waals surface area contributed by atoms with Crippen molar-refractivity contribution in [3.05, 3.63) is 59.2 Å². The van der Waals surface area contributed by atoms with E-state index in [4.69, 9.17) is 0 Å². The predicted octanol–water partition coefficient (Wildman–Crippen LogP) is 3.71. The number of aromatic hydroxyl groups is 2. The number of rotatable bonds is 5. The molecule has 3 rings (SSSR count). The van der Waals surface area contributed by atoms with Crippen molar-refractivity contribution in [1.82, 2.24) is 4.90 Å². The standard InChI is InChI=1S/C21H27NO3/c1-15-5-10-21(25)17(11-15)14-22(18-6-8-19(23)9-7-18)13-16-3-2-4-20(24)12-16/h2-5,10-12,18-19,23-25H,6-9,13-14H2,1H3. The molecule has 1 aliphatic carbocycles. The summed E-state index contributed by atoms with van der Waals surface area (Å²) in [5, 5.41) is 29.8. The number of hydrogen-bond donors (Lipinski definition) is 3. The monoisotopic (exact) mass is 341 g/mol. The van der Waals surface area contributed by atoms with Crippen molar-refractivity contribution in [2.24, 2.45) is 0 Å². The Balaban J connectivity index is 1.81. The van der Waals surface area contributed by atoms with E-state index in [1.165, 1.54) is 0 Å². The molecule has 0 aromatic heterocycles. The van der Waals surface area contributed by atoms with E-state index >= 15 is 0 Å². The smallest absolute Gasteiger partial charge is 0.120 e. The highest BCUT2D eigenvalue weighted by Gasteiger charge is 2.25. The molecule has 0 amide bonds. The number of benzene rings is 2. The van der Waals surface area contributed by atoms with Gasteiger partial charge in [-0.25, -0.2) is 0 Å². The highest BCUT2D eigenvalue weighted by Crippen LogP contribution is 2.29. The van der Waals surface area contributed by atoms with Crippen LogP contribution in [0.15, 0.2) is 42.5 Å². The fraction of sp³-hybridized carbons (Fsp3) is 0.429. The number of phenols is 2. The van der Waals surface area contributed by atoms with Gasteiger partial charge in [0, 0.05) is 24.7 Å². The summed E-state index contributed by atoms with van der Waals surface area (Å²) in [6.07, 6.45) is 3.35. The maximum atomic E-state index is 10.2. The van der Waals surface area contributed by atoms with Crippen LogP contribution in [0.25, 0.3) is 0 Å². The van der Waals surface area contributed by atoms with Crippen LogP contribution < -0.4 is 0 Å². The van der Waals surface area contributed by atoms with Gasteiger partial charge in [-0.1, -0.05) is 29.8 Å². The normalized spacial score (nSPS) is 20.8. The maximum Gasteiger partial charge on any atom is 0.120 e. The number of aliphatic hydroxyl groups is 1. The molecule has 1 saturated carbocycles. The van der Waals surface area contributed by atoms with Crippen LogP contribution in [0.3, 0.4) is 0 Å². The molecule has 1 aliphatic rings. The van der Waals surface area contributed by atoms with Crippen molar-refractivity contribution in [3.63, 3.8) is 0 Å². The highest BCUT2D eigenvalue weighted by molar-refractivity contribution is 5.36. The van der Waals surface area contributed by atoms with Crippen molar-refractivity contribution < 1.29 is 15.3 Å². The quantitative estimate of drug-likeness (QED) is 0.776. The minimum Gasteiger partial charge on any atom is -0.508 e. The van der Waals surface area contributed by atoms with E-state index in [0.717, 1.165) is 42.4 Å². The third-order valence-corrected chi connectivity index (χ3v) is 5.09. The second kappa shape index (κ2) is 7.89. The van der Waals surface area contributed by atoms with E-state index in [-0.39, 0.29) is 11.9 Å². The molecule has 0 unspecified atom stereocenters. The van der Waals surface area contributed by atoms with Gasteiger partial charge in [-0.15, -0.1) is 0 Å². The summed E-state index contributed by atoms with van der Waals surface area (Å²) in [5.74, 6) is 0.595. The summed E-state index contributed by atoms with van der Waals surface area (Å²) in [6.45, 7) is 3.39. The Morgan fingerprint density at radius 2 is 1.72 bits per heavy atom. The van der Waals surface area contributed by atoms with Crippen LogP contribution in [0.5, 0.6) is 11.5 Å². The van der Waals surface area contributed by atoms with Gasteiger partial charge in [0.2, 0.25) is 0 Å². The van der Waals surface area contributed by atoms with Crippen molar-refractivity contribution >= 4 is 0 Å². The molecule has 25 heavy (non-hydrogen) atoms. The molecule has 0 radical (unpaired) electrons. The zero-order valence-electron chi connectivity index (χ0n) is 14.7. The van der Waals surface area contributed by atoms with E-state index in [0.29, 0.717) is 24.9 Å². The van der Waals surface area contributed by atoms with Crippen LogP contribution in [0, 0.1) is 6.92 Å². The summed E-state index contributed by atoms with van der Waals surface area (Å²) < 4.78 is 0. The average Bonchev–Trinajstić information content (AvgIpc) is 2.58. The van der Waals surface area contributed by atoms with Gasteiger partial charge < -0.3 is 15.3 Å². The topological polar surface area (TPSA) is 63.9 Å². The van der Waals surface area contributed by atoms with E-state index in [9.17, 15) is 15.3 Å². The number of nitrogens with zero attached hydrogens (tertiary/aromatic N) is 1. The summed E-state index contributed by atoms with van der Waals surface area (Å²) in [4.78, 5) is 2.36. The molecule has 4 heteroatoms. The zero-order chi connectivity index (χ0) is 17.8. The lowest BCUT2D eigenvalue weighted by molar-refractivity contribution is 0.0662. The zero-order valence-corrected chi connectivity index (χ0v) is 14.7. The Hall–Kier alpha value is -2.04. The van der Waals surface area contributed by atoms with Gasteiger partial charge in [0.05, 0.1) is 6.10 Å². The summed E-state index contributed by atoms with van der Waals surface area (Å²) in [5.41, 5.74) is 3.11. The van der Waals surface area contributed by atoms with Gasteiger partial charge in [-0.2, -0.15) is 0 Å². The first-order valence-electron chi connectivity index (χ1n) is 9.00. The van der Waals surface area contributed by atoms with Gasteiger partial charge in [-0.3, -0.25) is 4.90 Å². The van der Waals surface area contributed by atoms with E-state index in [1.54, 1.807) is 18.2 Å². The van der Waals surface area contributed by atoms with Crippen LogP contribution in [-0.4, -0.2) is 32.4 Å². The molecule has 0 saturated heterocycles. The Bertz CT molecular complexity index is 708.